The van der Waals surface area contributed by atoms with Gasteiger partial charge in [-0.3, -0.25) is 4.68 Å². The van der Waals surface area contributed by atoms with Crippen molar-refractivity contribution in [2.75, 3.05) is 20.6 Å². The monoisotopic (exact) mass is 354 g/mol. The van der Waals surface area contributed by atoms with Crippen molar-refractivity contribution in [3.8, 4) is 0 Å². The normalized spacial score (nSPS) is 12.9. The third-order valence-electron chi connectivity index (χ3n) is 3.37. The molecule has 2 aromatic rings. The van der Waals surface area contributed by atoms with E-state index in [0.717, 1.165) is 22.3 Å². The summed E-state index contributed by atoms with van der Waals surface area (Å²) in [5.74, 6) is -0.291. The van der Waals surface area contributed by atoms with Gasteiger partial charge in [-0.15, -0.1) is 0 Å². The van der Waals surface area contributed by atoms with Crippen molar-refractivity contribution in [1.29, 1.82) is 0 Å². The van der Waals surface area contributed by atoms with E-state index in [0.29, 0.717) is 12.1 Å². The van der Waals surface area contributed by atoms with Crippen LogP contribution < -0.4 is 5.73 Å². The second kappa shape index (κ2) is 6.68. The standard InChI is InChI=1S/C15H20BrFN4/c1-10-4-5-13(17)11(8-10)14(18)15-12(16)9-19-21(15)7-6-20(2)3/h4-5,8-9,14H,6-7,18H2,1-3H3. The Bertz CT molecular complexity index is 624. The van der Waals surface area contributed by atoms with E-state index in [-0.39, 0.29) is 5.82 Å². The third-order valence-corrected chi connectivity index (χ3v) is 3.98. The van der Waals surface area contributed by atoms with Crippen LogP contribution in [0.15, 0.2) is 28.9 Å². The van der Waals surface area contributed by atoms with Crippen LogP contribution in [0.2, 0.25) is 0 Å². The predicted molar refractivity (Wildman–Crippen MR) is 85.6 cm³/mol. The number of benzene rings is 1. The predicted octanol–water partition coefficient (Wildman–Crippen LogP) is 2.70. The lowest BCUT2D eigenvalue weighted by molar-refractivity contribution is 0.367. The number of hydrogen-bond acceptors (Lipinski definition) is 3. The van der Waals surface area contributed by atoms with Gasteiger partial charge in [0.05, 0.1) is 29.0 Å². The minimum absolute atomic E-state index is 0.291. The number of rotatable bonds is 5. The number of nitrogens with zero attached hydrogens (tertiary/aromatic N) is 3. The average Bonchev–Trinajstić information content (AvgIpc) is 2.79. The van der Waals surface area contributed by atoms with E-state index in [1.807, 2.05) is 25.7 Å². The topological polar surface area (TPSA) is 47.1 Å². The van der Waals surface area contributed by atoms with Crippen LogP contribution in [0.5, 0.6) is 0 Å². The van der Waals surface area contributed by atoms with Gasteiger partial charge in [-0.1, -0.05) is 17.7 Å². The van der Waals surface area contributed by atoms with Crippen LogP contribution in [-0.2, 0) is 6.54 Å². The first-order valence-electron chi connectivity index (χ1n) is 6.77. The molecule has 1 unspecified atom stereocenters. The van der Waals surface area contributed by atoms with Gasteiger partial charge in [0.2, 0.25) is 0 Å². The summed E-state index contributed by atoms with van der Waals surface area (Å²) in [5, 5.41) is 4.33. The molecule has 6 heteroatoms. The molecule has 4 nitrogen and oxygen atoms in total. The minimum Gasteiger partial charge on any atom is -0.319 e. The maximum atomic E-state index is 14.1. The smallest absolute Gasteiger partial charge is 0.128 e. The molecular weight excluding hydrogens is 335 g/mol. The summed E-state index contributed by atoms with van der Waals surface area (Å²) in [5.41, 5.74) is 8.56. The quantitative estimate of drug-likeness (QED) is 0.897. The van der Waals surface area contributed by atoms with Crippen LogP contribution in [0.3, 0.4) is 0 Å². The molecule has 0 amide bonds. The molecule has 0 aliphatic carbocycles. The van der Waals surface area contributed by atoms with Gasteiger partial charge in [-0.05, 0) is 43.0 Å². The summed E-state index contributed by atoms with van der Waals surface area (Å²) >= 11 is 3.47. The molecule has 2 rings (SSSR count). The average molecular weight is 355 g/mol. The molecule has 1 aromatic carbocycles. The molecule has 1 atom stereocenters. The molecule has 0 saturated heterocycles. The molecule has 0 aliphatic heterocycles. The molecule has 0 radical (unpaired) electrons. The van der Waals surface area contributed by atoms with E-state index in [4.69, 9.17) is 5.73 Å². The summed E-state index contributed by atoms with van der Waals surface area (Å²) < 4.78 is 16.7. The van der Waals surface area contributed by atoms with Gasteiger partial charge in [0.15, 0.2) is 0 Å². The highest BCUT2D eigenvalue weighted by molar-refractivity contribution is 9.10. The van der Waals surface area contributed by atoms with Crippen molar-refractivity contribution in [1.82, 2.24) is 14.7 Å². The van der Waals surface area contributed by atoms with Gasteiger partial charge in [-0.25, -0.2) is 4.39 Å². The van der Waals surface area contributed by atoms with Crippen LogP contribution >= 0.6 is 15.9 Å². The lowest BCUT2D eigenvalue weighted by Gasteiger charge is -2.18. The van der Waals surface area contributed by atoms with E-state index in [2.05, 4.69) is 25.9 Å². The van der Waals surface area contributed by atoms with Crippen molar-refractivity contribution in [2.24, 2.45) is 5.73 Å². The molecule has 0 saturated carbocycles. The second-order valence-corrected chi connectivity index (χ2v) is 6.26. The molecule has 0 spiro atoms. The first kappa shape index (κ1) is 16.1. The maximum absolute atomic E-state index is 14.1. The minimum atomic E-state index is -0.552. The first-order chi connectivity index (χ1) is 9.90. The van der Waals surface area contributed by atoms with Crippen LogP contribution in [0.25, 0.3) is 0 Å². The third kappa shape index (κ3) is 3.70. The highest BCUT2D eigenvalue weighted by Gasteiger charge is 2.21. The van der Waals surface area contributed by atoms with E-state index >= 15 is 0 Å². The fourth-order valence-electron chi connectivity index (χ4n) is 2.20. The fraction of sp³-hybridized carbons (Fsp3) is 0.400. The van der Waals surface area contributed by atoms with Crippen LogP contribution in [0, 0.1) is 12.7 Å². The Morgan fingerprint density at radius 1 is 1.43 bits per heavy atom. The molecule has 1 aromatic heterocycles. The zero-order valence-electron chi connectivity index (χ0n) is 12.5. The van der Waals surface area contributed by atoms with Gasteiger partial charge in [0.1, 0.15) is 5.82 Å². The molecule has 0 bridgehead atoms. The number of hydrogen-bond donors (Lipinski definition) is 1. The molecule has 114 valence electrons. The van der Waals surface area contributed by atoms with Crippen molar-refractivity contribution >= 4 is 15.9 Å². The van der Waals surface area contributed by atoms with Crippen LogP contribution in [-0.4, -0.2) is 35.3 Å². The zero-order chi connectivity index (χ0) is 15.6. The Labute approximate surface area is 132 Å². The summed E-state index contributed by atoms with van der Waals surface area (Å²) in [6.07, 6.45) is 1.71. The van der Waals surface area contributed by atoms with Gasteiger partial charge < -0.3 is 10.6 Å². The highest BCUT2D eigenvalue weighted by Crippen LogP contribution is 2.28. The Hall–Kier alpha value is -1.24. The van der Waals surface area contributed by atoms with E-state index < -0.39 is 6.04 Å². The summed E-state index contributed by atoms with van der Waals surface area (Å²) in [7, 11) is 4.00. The lowest BCUT2D eigenvalue weighted by Crippen LogP contribution is -2.24. The Balaban J connectivity index is 2.36. The molecule has 2 N–H and O–H groups in total. The lowest BCUT2D eigenvalue weighted by atomic mass is 10.0. The van der Waals surface area contributed by atoms with Crippen LogP contribution in [0.1, 0.15) is 22.9 Å². The summed E-state index contributed by atoms with van der Waals surface area (Å²) in [4.78, 5) is 2.07. The van der Waals surface area contributed by atoms with Gasteiger partial charge in [0.25, 0.3) is 0 Å². The molecular formula is C15H20BrFN4. The number of nitrogens with two attached hydrogens (primary N) is 1. The molecule has 0 fully saturated rings. The SMILES string of the molecule is Cc1ccc(F)c(C(N)c2c(Br)cnn2CCN(C)C)c1. The number of likely N-dealkylation sites (N-methyl/N-ethyl adjacent to an activating group) is 1. The van der Waals surface area contributed by atoms with E-state index in [9.17, 15) is 4.39 Å². The number of halogens is 2. The molecule has 21 heavy (non-hydrogen) atoms. The number of aryl methyl sites for hydroxylation is 1. The Morgan fingerprint density at radius 2 is 2.14 bits per heavy atom. The fourth-order valence-corrected chi connectivity index (χ4v) is 2.75. The first-order valence-corrected chi connectivity index (χ1v) is 7.57. The zero-order valence-corrected chi connectivity index (χ0v) is 14.1. The van der Waals surface area contributed by atoms with E-state index in [1.54, 1.807) is 18.3 Å². The van der Waals surface area contributed by atoms with Crippen molar-refractivity contribution in [3.05, 3.63) is 51.5 Å². The van der Waals surface area contributed by atoms with Crippen LogP contribution in [0.4, 0.5) is 4.39 Å². The van der Waals surface area contributed by atoms with Gasteiger partial charge >= 0.3 is 0 Å². The number of aromatic nitrogens is 2. The van der Waals surface area contributed by atoms with Gasteiger partial charge in [0, 0.05) is 12.1 Å². The second-order valence-electron chi connectivity index (χ2n) is 5.41. The van der Waals surface area contributed by atoms with E-state index in [1.165, 1.54) is 6.07 Å². The molecule has 1 heterocycles. The summed E-state index contributed by atoms with van der Waals surface area (Å²) in [6, 6.07) is 4.43. The van der Waals surface area contributed by atoms with Crippen molar-refractivity contribution < 1.29 is 4.39 Å². The largest absolute Gasteiger partial charge is 0.319 e. The molecule has 0 aliphatic rings. The van der Waals surface area contributed by atoms with Crippen molar-refractivity contribution in [3.63, 3.8) is 0 Å². The van der Waals surface area contributed by atoms with Gasteiger partial charge in [-0.2, -0.15) is 5.10 Å². The Kier molecular flexibility index (Phi) is 5.13. The highest BCUT2D eigenvalue weighted by atomic mass is 79.9. The van der Waals surface area contributed by atoms with Crippen molar-refractivity contribution in [2.45, 2.75) is 19.5 Å². The Morgan fingerprint density at radius 3 is 2.81 bits per heavy atom. The maximum Gasteiger partial charge on any atom is 0.128 e. The summed E-state index contributed by atoms with van der Waals surface area (Å²) in [6.45, 7) is 3.47.